The van der Waals surface area contributed by atoms with E-state index in [1.165, 1.54) is 6.92 Å². The first-order valence-corrected chi connectivity index (χ1v) is 3.95. The van der Waals surface area contributed by atoms with Crippen LogP contribution < -0.4 is 0 Å². The van der Waals surface area contributed by atoms with Gasteiger partial charge in [0.15, 0.2) is 0 Å². The molecule has 0 saturated carbocycles. The highest BCUT2D eigenvalue weighted by Crippen LogP contribution is 1.98. The Labute approximate surface area is 68.2 Å². The van der Waals surface area contributed by atoms with E-state index in [9.17, 15) is 4.79 Å². The van der Waals surface area contributed by atoms with Gasteiger partial charge >= 0.3 is 5.97 Å². The Bertz CT molecular complexity index is 148. The summed E-state index contributed by atoms with van der Waals surface area (Å²) in [6, 6.07) is 0. The normalized spacial score (nSPS) is 11.4. The SMILES string of the molecule is CCC/C=C(\C)COC(C)=O. The van der Waals surface area contributed by atoms with Gasteiger partial charge in [-0.25, -0.2) is 0 Å². The van der Waals surface area contributed by atoms with Gasteiger partial charge in [0.05, 0.1) is 0 Å². The molecule has 0 aliphatic rings. The van der Waals surface area contributed by atoms with Crippen molar-refractivity contribution >= 4 is 5.97 Å². The molecule has 0 N–H and O–H groups in total. The highest BCUT2D eigenvalue weighted by Gasteiger charge is 1.92. The summed E-state index contributed by atoms with van der Waals surface area (Å²) in [7, 11) is 0. The van der Waals surface area contributed by atoms with E-state index >= 15 is 0 Å². The number of rotatable bonds is 4. The van der Waals surface area contributed by atoms with Crippen LogP contribution in [0.25, 0.3) is 0 Å². The number of hydrogen-bond acceptors (Lipinski definition) is 2. The van der Waals surface area contributed by atoms with E-state index in [1.54, 1.807) is 0 Å². The molecule has 0 saturated heterocycles. The maximum atomic E-state index is 10.4. The van der Waals surface area contributed by atoms with Gasteiger partial charge in [-0.1, -0.05) is 19.4 Å². The fourth-order valence-corrected chi connectivity index (χ4v) is 0.665. The summed E-state index contributed by atoms with van der Waals surface area (Å²) in [6.07, 6.45) is 4.30. The third-order valence-electron chi connectivity index (χ3n) is 1.28. The first kappa shape index (κ1) is 10.2. The summed E-state index contributed by atoms with van der Waals surface area (Å²) in [6.45, 7) is 5.96. The fraction of sp³-hybridized carbons (Fsp3) is 0.667. The lowest BCUT2D eigenvalue weighted by Crippen LogP contribution is -2.01. The molecule has 0 amide bonds. The van der Waals surface area contributed by atoms with Crippen molar-refractivity contribution in [2.24, 2.45) is 0 Å². The van der Waals surface area contributed by atoms with Crippen LogP contribution in [0, 0.1) is 0 Å². The van der Waals surface area contributed by atoms with Crippen molar-refractivity contribution in [3.8, 4) is 0 Å². The Balaban J connectivity index is 3.50. The predicted molar refractivity (Wildman–Crippen MR) is 45.3 cm³/mol. The number of allylic oxidation sites excluding steroid dienone is 1. The van der Waals surface area contributed by atoms with Gasteiger partial charge in [-0.2, -0.15) is 0 Å². The Kier molecular flexibility index (Phi) is 5.53. The second-order valence-corrected chi connectivity index (χ2v) is 2.62. The molecule has 0 heterocycles. The Morgan fingerprint density at radius 1 is 1.45 bits per heavy atom. The highest BCUT2D eigenvalue weighted by atomic mass is 16.5. The predicted octanol–water partition coefficient (Wildman–Crippen LogP) is 2.30. The molecule has 0 aromatic rings. The van der Waals surface area contributed by atoms with E-state index in [1.807, 2.05) is 6.92 Å². The first-order chi connectivity index (χ1) is 5.16. The number of carbonyl (C=O) groups excluding carboxylic acids is 1. The lowest BCUT2D eigenvalue weighted by Gasteiger charge is -2.00. The molecular weight excluding hydrogens is 140 g/mol. The van der Waals surface area contributed by atoms with Crippen molar-refractivity contribution < 1.29 is 9.53 Å². The van der Waals surface area contributed by atoms with Gasteiger partial charge in [0.25, 0.3) is 0 Å². The summed E-state index contributed by atoms with van der Waals surface area (Å²) < 4.78 is 4.79. The van der Waals surface area contributed by atoms with Crippen LogP contribution in [0.5, 0.6) is 0 Å². The van der Waals surface area contributed by atoms with Crippen LogP contribution in [0.15, 0.2) is 11.6 Å². The second-order valence-electron chi connectivity index (χ2n) is 2.62. The zero-order valence-corrected chi connectivity index (χ0v) is 7.52. The van der Waals surface area contributed by atoms with E-state index in [0.29, 0.717) is 6.61 Å². The molecule has 0 unspecified atom stereocenters. The van der Waals surface area contributed by atoms with Crippen molar-refractivity contribution in [3.05, 3.63) is 11.6 Å². The second kappa shape index (κ2) is 5.96. The van der Waals surface area contributed by atoms with E-state index < -0.39 is 0 Å². The third kappa shape index (κ3) is 7.10. The van der Waals surface area contributed by atoms with E-state index in [0.717, 1.165) is 18.4 Å². The van der Waals surface area contributed by atoms with Gasteiger partial charge in [0.2, 0.25) is 0 Å². The van der Waals surface area contributed by atoms with Crippen LogP contribution in [0.3, 0.4) is 0 Å². The highest BCUT2D eigenvalue weighted by molar-refractivity contribution is 5.66. The average molecular weight is 156 g/mol. The minimum atomic E-state index is -0.214. The van der Waals surface area contributed by atoms with Crippen LogP contribution in [0.2, 0.25) is 0 Å². The van der Waals surface area contributed by atoms with Gasteiger partial charge in [-0.3, -0.25) is 4.79 Å². The molecule has 0 aliphatic heterocycles. The van der Waals surface area contributed by atoms with E-state index in [4.69, 9.17) is 4.74 Å². The Morgan fingerprint density at radius 3 is 2.55 bits per heavy atom. The standard InChI is InChI=1S/C9H16O2/c1-4-5-6-8(2)7-11-9(3)10/h6H,4-5,7H2,1-3H3/b8-6+. The van der Waals surface area contributed by atoms with Crippen molar-refractivity contribution in [1.29, 1.82) is 0 Å². The summed E-state index contributed by atoms with van der Waals surface area (Å²) in [4.78, 5) is 10.4. The summed E-state index contributed by atoms with van der Waals surface area (Å²) in [5.74, 6) is -0.214. The molecular formula is C9H16O2. The van der Waals surface area contributed by atoms with Crippen LogP contribution in [-0.2, 0) is 9.53 Å². The molecule has 0 aromatic carbocycles. The van der Waals surface area contributed by atoms with Crippen molar-refractivity contribution in [2.45, 2.75) is 33.6 Å². The lowest BCUT2D eigenvalue weighted by atomic mass is 10.2. The monoisotopic (exact) mass is 156 g/mol. The minimum absolute atomic E-state index is 0.214. The average Bonchev–Trinajstić information content (AvgIpc) is 1.97. The van der Waals surface area contributed by atoms with Gasteiger partial charge in [-0.05, 0) is 18.9 Å². The molecule has 0 fully saturated rings. The molecule has 0 spiro atoms. The van der Waals surface area contributed by atoms with Gasteiger partial charge in [0.1, 0.15) is 6.61 Å². The number of ether oxygens (including phenoxy) is 1. The Hall–Kier alpha value is -0.790. The smallest absolute Gasteiger partial charge is 0.302 e. The van der Waals surface area contributed by atoms with E-state index in [2.05, 4.69) is 13.0 Å². The van der Waals surface area contributed by atoms with Crippen LogP contribution in [0.1, 0.15) is 33.6 Å². The topological polar surface area (TPSA) is 26.3 Å². The molecule has 2 heteroatoms. The molecule has 0 aliphatic carbocycles. The number of hydrogen-bond donors (Lipinski definition) is 0. The third-order valence-corrected chi connectivity index (χ3v) is 1.28. The fourth-order valence-electron chi connectivity index (χ4n) is 0.665. The first-order valence-electron chi connectivity index (χ1n) is 3.95. The molecule has 0 aromatic heterocycles. The molecule has 2 nitrogen and oxygen atoms in total. The molecule has 64 valence electrons. The number of esters is 1. The van der Waals surface area contributed by atoms with Crippen molar-refractivity contribution in [3.63, 3.8) is 0 Å². The van der Waals surface area contributed by atoms with E-state index in [-0.39, 0.29) is 5.97 Å². The zero-order valence-electron chi connectivity index (χ0n) is 7.52. The van der Waals surface area contributed by atoms with Crippen LogP contribution in [-0.4, -0.2) is 12.6 Å². The van der Waals surface area contributed by atoms with Gasteiger partial charge in [-0.15, -0.1) is 0 Å². The Morgan fingerprint density at radius 2 is 2.09 bits per heavy atom. The molecule has 0 bridgehead atoms. The lowest BCUT2D eigenvalue weighted by molar-refractivity contribution is -0.139. The largest absolute Gasteiger partial charge is 0.461 e. The van der Waals surface area contributed by atoms with Crippen molar-refractivity contribution in [1.82, 2.24) is 0 Å². The summed E-state index contributed by atoms with van der Waals surface area (Å²) >= 11 is 0. The maximum absolute atomic E-state index is 10.4. The molecule has 0 radical (unpaired) electrons. The maximum Gasteiger partial charge on any atom is 0.302 e. The van der Waals surface area contributed by atoms with Crippen LogP contribution >= 0.6 is 0 Å². The van der Waals surface area contributed by atoms with Crippen molar-refractivity contribution in [2.75, 3.05) is 6.61 Å². The molecule has 0 rings (SSSR count). The van der Waals surface area contributed by atoms with Gasteiger partial charge < -0.3 is 4.74 Å². The summed E-state index contributed by atoms with van der Waals surface area (Å²) in [5, 5.41) is 0. The molecule has 11 heavy (non-hydrogen) atoms. The number of unbranched alkanes of at least 4 members (excludes halogenated alkanes) is 1. The number of carbonyl (C=O) groups is 1. The quantitative estimate of drug-likeness (QED) is 0.461. The molecule has 0 atom stereocenters. The zero-order chi connectivity index (χ0) is 8.69. The summed E-state index contributed by atoms with van der Waals surface area (Å²) in [5.41, 5.74) is 1.13. The van der Waals surface area contributed by atoms with Gasteiger partial charge in [0, 0.05) is 6.92 Å². The van der Waals surface area contributed by atoms with Crippen LogP contribution in [0.4, 0.5) is 0 Å². The minimum Gasteiger partial charge on any atom is -0.461 e.